The van der Waals surface area contributed by atoms with Gasteiger partial charge in [0.15, 0.2) is 5.17 Å². The number of carbonyl (C=O) groups is 2. The number of amides is 2. The average molecular weight is 513 g/mol. The number of aryl methyl sites for hydroxylation is 2. The van der Waals surface area contributed by atoms with Crippen molar-refractivity contribution >= 4 is 40.1 Å². The van der Waals surface area contributed by atoms with E-state index in [0.29, 0.717) is 11.6 Å². The second kappa shape index (κ2) is 10.6. The first-order valence-corrected chi connectivity index (χ1v) is 13.0. The number of nitrogens with one attached hydrogen (secondary N) is 1. The fourth-order valence-corrected chi connectivity index (χ4v) is 5.44. The zero-order chi connectivity index (χ0) is 25.9. The number of amidine groups is 1. The maximum atomic E-state index is 12.8. The third kappa shape index (κ3) is 5.44. The molecular formula is C29H28N4O3S. The Morgan fingerprint density at radius 2 is 1.81 bits per heavy atom. The van der Waals surface area contributed by atoms with Crippen molar-refractivity contribution in [3.63, 3.8) is 0 Å². The summed E-state index contributed by atoms with van der Waals surface area (Å²) < 4.78 is 5.29. The topological polar surface area (TPSA) is 83.4 Å². The van der Waals surface area contributed by atoms with Gasteiger partial charge in [0.25, 0.3) is 5.91 Å². The van der Waals surface area contributed by atoms with Crippen LogP contribution in [0.5, 0.6) is 5.75 Å². The summed E-state index contributed by atoms with van der Waals surface area (Å²) in [6, 6.07) is 23.5. The molecular weight excluding hydrogens is 484 g/mol. The van der Waals surface area contributed by atoms with Crippen LogP contribution in [0.4, 0.5) is 5.69 Å². The van der Waals surface area contributed by atoms with Gasteiger partial charge in [-0.3, -0.25) is 9.59 Å². The van der Waals surface area contributed by atoms with Crippen molar-refractivity contribution in [3.05, 3.63) is 95.1 Å². The third-order valence-corrected chi connectivity index (χ3v) is 7.75. The monoisotopic (exact) mass is 512 g/mol. The Morgan fingerprint density at radius 3 is 2.51 bits per heavy atom. The minimum Gasteiger partial charge on any atom is -0.497 e. The molecule has 0 aliphatic carbocycles. The average Bonchev–Trinajstić information content (AvgIpc) is 3.51. The summed E-state index contributed by atoms with van der Waals surface area (Å²) in [6.45, 7) is 4.03. The lowest BCUT2D eigenvalue weighted by Gasteiger charge is -2.23. The molecule has 0 unspecified atom stereocenters. The molecule has 1 N–H and O–H groups in total. The van der Waals surface area contributed by atoms with Crippen LogP contribution in [-0.4, -0.2) is 40.1 Å². The molecule has 3 aromatic rings. The van der Waals surface area contributed by atoms with Crippen molar-refractivity contribution in [3.8, 4) is 5.75 Å². The van der Waals surface area contributed by atoms with E-state index in [1.54, 1.807) is 7.11 Å². The Kier molecular flexibility index (Phi) is 7.10. The summed E-state index contributed by atoms with van der Waals surface area (Å²) in [5.74, 6) is 0.256. The molecule has 188 valence electrons. The highest BCUT2D eigenvalue weighted by molar-refractivity contribution is 8.15. The summed E-state index contributed by atoms with van der Waals surface area (Å²) in [5, 5.41) is 9.57. The van der Waals surface area contributed by atoms with Gasteiger partial charge in [-0.05, 0) is 72.5 Å². The maximum Gasteiger partial charge on any atom is 0.262 e. The van der Waals surface area contributed by atoms with E-state index < -0.39 is 5.25 Å². The predicted molar refractivity (Wildman–Crippen MR) is 148 cm³/mol. The van der Waals surface area contributed by atoms with Crippen LogP contribution in [-0.2, 0) is 9.59 Å². The van der Waals surface area contributed by atoms with E-state index in [9.17, 15) is 9.59 Å². The van der Waals surface area contributed by atoms with Crippen molar-refractivity contribution < 1.29 is 14.3 Å². The van der Waals surface area contributed by atoms with Gasteiger partial charge in [0.05, 0.1) is 18.9 Å². The summed E-state index contributed by atoms with van der Waals surface area (Å²) >= 11 is 1.30. The summed E-state index contributed by atoms with van der Waals surface area (Å²) in [6.07, 6.45) is 0.713. The van der Waals surface area contributed by atoms with Crippen LogP contribution in [0.1, 0.15) is 41.1 Å². The molecule has 2 heterocycles. The fraction of sp³-hybridized carbons (Fsp3) is 0.241. The minimum atomic E-state index is -0.585. The standard InChI is InChI=1S/C29H28N4O3S/c1-18-9-12-22(15-19(18)2)30-27(34)17-26-28(35)31-29(37-26)33-25(21-7-5-4-6-8-21)16-24(32-33)20-10-13-23(36-3)14-11-20/h4-15,25-26H,16-17H2,1-3H3,(H,30,34)/t25-,26+/m0/s1. The van der Waals surface area contributed by atoms with E-state index in [1.807, 2.05) is 79.5 Å². The molecule has 7 nitrogen and oxygen atoms in total. The van der Waals surface area contributed by atoms with Crippen LogP contribution in [0.2, 0.25) is 0 Å². The number of benzene rings is 3. The maximum absolute atomic E-state index is 12.8. The first-order valence-electron chi connectivity index (χ1n) is 12.1. The van der Waals surface area contributed by atoms with Gasteiger partial charge in [0, 0.05) is 18.5 Å². The molecule has 2 aliphatic heterocycles. The number of aliphatic imine (C=N–C) groups is 1. The number of hydrogen-bond donors (Lipinski definition) is 1. The van der Waals surface area contributed by atoms with Gasteiger partial charge in [-0.15, -0.1) is 0 Å². The summed E-state index contributed by atoms with van der Waals surface area (Å²) in [5.41, 5.74) is 5.96. The SMILES string of the molecule is COc1ccc(C2=NN(C3=NC(=O)[C@@H](CC(=O)Nc4ccc(C)c(C)c4)S3)[C@H](c3ccccc3)C2)cc1. The molecule has 0 bridgehead atoms. The summed E-state index contributed by atoms with van der Waals surface area (Å²) in [7, 11) is 1.64. The first-order chi connectivity index (χ1) is 17.9. The number of thioether (sulfide) groups is 1. The van der Waals surface area contributed by atoms with Gasteiger partial charge in [-0.2, -0.15) is 10.1 Å². The molecule has 2 amide bonds. The van der Waals surface area contributed by atoms with E-state index in [4.69, 9.17) is 9.84 Å². The molecule has 5 rings (SSSR count). The number of anilines is 1. The minimum absolute atomic E-state index is 0.0440. The first kappa shape index (κ1) is 24.8. The number of rotatable bonds is 6. The third-order valence-electron chi connectivity index (χ3n) is 6.60. The largest absolute Gasteiger partial charge is 0.497 e. The van der Waals surface area contributed by atoms with Crippen molar-refractivity contribution in [1.82, 2.24) is 5.01 Å². The van der Waals surface area contributed by atoms with Gasteiger partial charge in [-0.25, -0.2) is 5.01 Å². The van der Waals surface area contributed by atoms with Gasteiger partial charge < -0.3 is 10.1 Å². The molecule has 0 aromatic heterocycles. The Hall–Kier alpha value is -3.91. The van der Waals surface area contributed by atoms with E-state index >= 15 is 0 Å². The number of hydrazone groups is 1. The van der Waals surface area contributed by atoms with Crippen molar-refractivity contribution in [1.29, 1.82) is 0 Å². The highest BCUT2D eigenvalue weighted by Gasteiger charge is 2.39. The normalized spacial score (nSPS) is 19.0. The van der Waals surface area contributed by atoms with Crippen LogP contribution in [0, 0.1) is 13.8 Å². The predicted octanol–water partition coefficient (Wildman–Crippen LogP) is 5.49. The van der Waals surface area contributed by atoms with Gasteiger partial charge in [-0.1, -0.05) is 48.2 Å². The summed E-state index contributed by atoms with van der Waals surface area (Å²) in [4.78, 5) is 29.9. The fourth-order valence-electron chi connectivity index (χ4n) is 4.38. The quantitative estimate of drug-likeness (QED) is 0.472. The van der Waals surface area contributed by atoms with Crippen molar-refractivity contribution in [2.75, 3.05) is 12.4 Å². The van der Waals surface area contributed by atoms with E-state index in [1.165, 1.54) is 11.8 Å². The second-order valence-electron chi connectivity index (χ2n) is 9.14. The molecule has 0 radical (unpaired) electrons. The highest BCUT2D eigenvalue weighted by atomic mass is 32.2. The van der Waals surface area contributed by atoms with Gasteiger partial charge >= 0.3 is 0 Å². The van der Waals surface area contributed by atoms with Crippen LogP contribution >= 0.6 is 11.8 Å². The lowest BCUT2D eigenvalue weighted by atomic mass is 9.98. The van der Waals surface area contributed by atoms with E-state index in [2.05, 4.69) is 22.4 Å². The van der Waals surface area contributed by atoms with Crippen LogP contribution in [0.15, 0.2) is 82.9 Å². The van der Waals surface area contributed by atoms with Crippen molar-refractivity contribution in [2.45, 2.75) is 38.0 Å². The Balaban J connectivity index is 1.33. The molecule has 0 fully saturated rings. The Labute approximate surface area is 220 Å². The zero-order valence-corrected chi connectivity index (χ0v) is 21.8. The van der Waals surface area contributed by atoms with Crippen LogP contribution < -0.4 is 10.1 Å². The number of carbonyl (C=O) groups excluding carboxylic acids is 2. The van der Waals surface area contributed by atoms with Gasteiger partial charge in [0.2, 0.25) is 5.91 Å². The zero-order valence-electron chi connectivity index (χ0n) is 21.0. The molecule has 37 heavy (non-hydrogen) atoms. The van der Waals surface area contributed by atoms with Crippen LogP contribution in [0.25, 0.3) is 0 Å². The Bertz CT molecular complexity index is 1390. The number of ether oxygens (including phenoxy) is 1. The number of nitrogens with zero attached hydrogens (tertiary/aromatic N) is 3. The molecule has 0 spiro atoms. The number of hydrogen-bond acceptors (Lipinski definition) is 6. The lowest BCUT2D eigenvalue weighted by Crippen LogP contribution is -2.25. The van der Waals surface area contributed by atoms with E-state index in [0.717, 1.165) is 39.4 Å². The molecule has 2 aliphatic rings. The molecule has 8 heteroatoms. The molecule has 0 saturated heterocycles. The second-order valence-corrected chi connectivity index (χ2v) is 10.3. The molecule has 0 saturated carbocycles. The molecule has 2 atom stereocenters. The Morgan fingerprint density at radius 1 is 1.05 bits per heavy atom. The molecule has 3 aromatic carbocycles. The number of methoxy groups -OCH3 is 1. The van der Waals surface area contributed by atoms with E-state index in [-0.39, 0.29) is 24.3 Å². The lowest BCUT2D eigenvalue weighted by molar-refractivity contribution is -0.121. The highest BCUT2D eigenvalue weighted by Crippen LogP contribution is 2.38. The van der Waals surface area contributed by atoms with Crippen LogP contribution in [0.3, 0.4) is 0 Å². The van der Waals surface area contributed by atoms with Crippen molar-refractivity contribution in [2.24, 2.45) is 10.1 Å². The smallest absolute Gasteiger partial charge is 0.262 e. The van der Waals surface area contributed by atoms with Gasteiger partial charge in [0.1, 0.15) is 11.0 Å².